The lowest BCUT2D eigenvalue weighted by atomic mass is 9.99. The van der Waals surface area contributed by atoms with Crippen molar-refractivity contribution in [3.8, 4) is 0 Å². The lowest BCUT2D eigenvalue weighted by molar-refractivity contribution is 1.38. The second-order valence-corrected chi connectivity index (χ2v) is 3.52. The second-order valence-electron chi connectivity index (χ2n) is 3.52. The molecule has 0 radical (unpaired) electrons. The van der Waals surface area contributed by atoms with Gasteiger partial charge in [0.2, 0.25) is 0 Å². The fourth-order valence-electron chi connectivity index (χ4n) is 1.46. The van der Waals surface area contributed by atoms with Crippen LogP contribution in [0.4, 0.5) is 0 Å². The standard InChI is InChI=1S/C17H22.2C2H6/c1-6-10-11-12-14-15(5)17(9-4)16(8-3)13-7-2;2*1-2/h6-14H,1,4H2,2-3,5H3;2*1-2H3/b11-10-,13-7-,14-12-,16-8-,17-15-;;. The van der Waals surface area contributed by atoms with E-state index in [0.29, 0.717) is 0 Å². The lowest BCUT2D eigenvalue weighted by Gasteiger charge is -2.06. The Balaban J connectivity index is -0.000000739. The van der Waals surface area contributed by atoms with Crippen LogP contribution in [0, 0.1) is 0 Å². The van der Waals surface area contributed by atoms with E-state index in [1.807, 2.05) is 71.9 Å². The number of hydrogen-bond donors (Lipinski definition) is 0. The van der Waals surface area contributed by atoms with Crippen molar-refractivity contribution in [1.29, 1.82) is 0 Å². The minimum atomic E-state index is 1.16. The SMILES string of the molecule is C=C\C=C/C=C\C(C)=C(C=C)/C(/C=C\C)=C\C.CC.CC. The zero-order valence-corrected chi connectivity index (χ0v) is 15.1. The minimum Gasteiger partial charge on any atom is -0.0991 e. The Kier molecular flexibility index (Phi) is 23.6. The van der Waals surface area contributed by atoms with Crippen LogP contribution in [0.5, 0.6) is 0 Å². The third-order valence-electron chi connectivity index (χ3n) is 2.30. The van der Waals surface area contributed by atoms with Crippen molar-refractivity contribution < 1.29 is 0 Å². The summed E-state index contributed by atoms with van der Waals surface area (Å²) in [6, 6.07) is 0. The van der Waals surface area contributed by atoms with Crippen molar-refractivity contribution >= 4 is 0 Å². The maximum Gasteiger partial charge on any atom is -0.0164 e. The predicted octanol–water partition coefficient (Wildman–Crippen LogP) is 7.36. The van der Waals surface area contributed by atoms with Crippen LogP contribution in [0.3, 0.4) is 0 Å². The molecule has 0 aliphatic carbocycles. The quantitative estimate of drug-likeness (QED) is 0.447. The van der Waals surface area contributed by atoms with Crippen molar-refractivity contribution in [1.82, 2.24) is 0 Å². The van der Waals surface area contributed by atoms with Gasteiger partial charge in [0.25, 0.3) is 0 Å². The molecule has 0 aliphatic heterocycles. The maximum absolute atomic E-state index is 3.88. The average molecular weight is 287 g/mol. The first-order valence-electron chi connectivity index (χ1n) is 7.79. The largest absolute Gasteiger partial charge is 0.0991 e. The van der Waals surface area contributed by atoms with Gasteiger partial charge >= 0.3 is 0 Å². The summed E-state index contributed by atoms with van der Waals surface area (Å²) < 4.78 is 0. The predicted molar refractivity (Wildman–Crippen MR) is 103 cm³/mol. The van der Waals surface area contributed by atoms with Gasteiger partial charge in [-0.25, -0.2) is 0 Å². The molecule has 0 N–H and O–H groups in total. The molecule has 0 saturated heterocycles. The number of allylic oxidation sites excluding steroid dienone is 12. The molecular weight excluding hydrogens is 252 g/mol. The van der Waals surface area contributed by atoms with Gasteiger partial charge in [-0.2, -0.15) is 0 Å². The van der Waals surface area contributed by atoms with Crippen LogP contribution >= 0.6 is 0 Å². The van der Waals surface area contributed by atoms with Gasteiger partial charge in [-0.15, -0.1) is 0 Å². The van der Waals surface area contributed by atoms with Crippen molar-refractivity contribution in [2.75, 3.05) is 0 Å². The normalized spacial score (nSPS) is 12.4. The van der Waals surface area contributed by atoms with E-state index in [1.54, 1.807) is 6.08 Å². The van der Waals surface area contributed by atoms with Gasteiger partial charge in [0.1, 0.15) is 0 Å². The van der Waals surface area contributed by atoms with Crippen LogP contribution in [-0.2, 0) is 0 Å². The van der Waals surface area contributed by atoms with Gasteiger partial charge in [0.15, 0.2) is 0 Å². The molecule has 0 nitrogen and oxygen atoms in total. The van der Waals surface area contributed by atoms with E-state index in [0.717, 1.165) is 5.57 Å². The average Bonchev–Trinajstić information content (AvgIpc) is 2.55. The molecule has 0 amide bonds. The van der Waals surface area contributed by atoms with E-state index in [9.17, 15) is 0 Å². The smallest absolute Gasteiger partial charge is 0.0164 e. The number of rotatable bonds is 6. The highest BCUT2D eigenvalue weighted by atomic mass is 14.0. The van der Waals surface area contributed by atoms with Gasteiger partial charge in [-0.05, 0) is 37.5 Å². The van der Waals surface area contributed by atoms with Crippen LogP contribution in [0.2, 0.25) is 0 Å². The third-order valence-corrected chi connectivity index (χ3v) is 2.30. The highest BCUT2D eigenvalue weighted by Gasteiger charge is 1.99. The molecule has 0 aromatic carbocycles. The monoisotopic (exact) mass is 286 g/mol. The summed E-state index contributed by atoms with van der Waals surface area (Å²) in [7, 11) is 0. The molecule has 0 unspecified atom stereocenters. The van der Waals surface area contributed by atoms with Crippen LogP contribution < -0.4 is 0 Å². The lowest BCUT2D eigenvalue weighted by Crippen LogP contribution is -1.86. The van der Waals surface area contributed by atoms with Crippen molar-refractivity contribution in [3.63, 3.8) is 0 Å². The molecule has 0 heterocycles. The molecule has 0 bridgehead atoms. The van der Waals surface area contributed by atoms with Gasteiger partial charge in [0, 0.05) is 0 Å². The fraction of sp³-hybridized carbons (Fsp3) is 0.333. The minimum absolute atomic E-state index is 1.16. The third kappa shape index (κ3) is 12.9. The summed E-state index contributed by atoms with van der Waals surface area (Å²) in [6.45, 7) is 21.6. The summed E-state index contributed by atoms with van der Waals surface area (Å²) in [5, 5.41) is 0. The van der Waals surface area contributed by atoms with E-state index in [2.05, 4.69) is 38.3 Å². The van der Waals surface area contributed by atoms with Gasteiger partial charge in [-0.3, -0.25) is 0 Å². The van der Waals surface area contributed by atoms with Crippen molar-refractivity contribution in [2.24, 2.45) is 0 Å². The van der Waals surface area contributed by atoms with Crippen molar-refractivity contribution in [2.45, 2.75) is 48.5 Å². The molecular formula is C21H34. The Bertz CT molecular complexity index is 396. The van der Waals surface area contributed by atoms with E-state index >= 15 is 0 Å². The molecule has 0 rings (SSSR count). The van der Waals surface area contributed by atoms with Gasteiger partial charge in [0.05, 0.1) is 0 Å². The molecule has 0 spiro atoms. The van der Waals surface area contributed by atoms with Crippen molar-refractivity contribution in [3.05, 3.63) is 84.6 Å². The highest BCUT2D eigenvalue weighted by molar-refractivity contribution is 5.50. The highest BCUT2D eigenvalue weighted by Crippen LogP contribution is 2.18. The molecule has 0 heteroatoms. The van der Waals surface area contributed by atoms with Crippen LogP contribution in [-0.4, -0.2) is 0 Å². The Morgan fingerprint density at radius 2 is 1.38 bits per heavy atom. The van der Waals surface area contributed by atoms with Gasteiger partial charge in [-0.1, -0.05) is 95.5 Å². The molecule has 0 fully saturated rings. The van der Waals surface area contributed by atoms with Gasteiger partial charge < -0.3 is 0 Å². The molecule has 118 valence electrons. The Morgan fingerprint density at radius 1 is 0.810 bits per heavy atom. The fourth-order valence-corrected chi connectivity index (χ4v) is 1.46. The first-order valence-corrected chi connectivity index (χ1v) is 7.79. The first-order chi connectivity index (χ1) is 10.2. The number of hydrogen-bond acceptors (Lipinski definition) is 0. The van der Waals surface area contributed by atoms with E-state index in [-0.39, 0.29) is 0 Å². The molecule has 0 aromatic rings. The summed E-state index contributed by atoms with van der Waals surface area (Å²) >= 11 is 0. The van der Waals surface area contributed by atoms with E-state index < -0.39 is 0 Å². The van der Waals surface area contributed by atoms with Crippen LogP contribution in [0.15, 0.2) is 84.6 Å². The molecule has 21 heavy (non-hydrogen) atoms. The zero-order valence-electron chi connectivity index (χ0n) is 15.1. The first kappa shape index (κ1) is 24.2. The summed E-state index contributed by atoms with van der Waals surface area (Å²) in [6.07, 6.45) is 17.8. The second kappa shape index (κ2) is 20.5. The van der Waals surface area contributed by atoms with Crippen LogP contribution in [0.25, 0.3) is 0 Å². The Hall–Kier alpha value is -1.82. The molecule has 0 aromatic heterocycles. The zero-order chi connectivity index (χ0) is 17.1. The maximum atomic E-state index is 3.88. The Morgan fingerprint density at radius 3 is 1.76 bits per heavy atom. The molecule has 0 saturated carbocycles. The summed E-state index contributed by atoms with van der Waals surface area (Å²) in [5.74, 6) is 0. The van der Waals surface area contributed by atoms with E-state index in [1.165, 1.54) is 11.1 Å². The summed E-state index contributed by atoms with van der Waals surface area (Å²) in [5.41, 5.74) is 3.55. The topological polar surface area (TPSA) is 0 Å². The van der Waals surface area contributed by atoms with E-state index in [4.69, 9.17) is 0 Å². The van der Waals surface area contributed by atoms with Crippen LogP contribution in [0.1, 0.15) is 48.5 Å². The molecule has 0 aliphatic rings. The summed E-state index contributed by atoms with van der Waals surface area (Å²) in [4.78, 5) is 0. The molecule has 0 atom stereocenters. The Labute approximate surface area is 133 Å².